The highest BCUT2D eigenvalue weighted by Crippen LogP contribution is 2.49. The Balaban J connectivity index is 1.59. The molecule has 2 N–H and O–H groups in total. The minimum atomic E-state index is -2.96. The van der Waals surface area contributed by atoms with Crippen LogP contribution in [-0.4, -0.2) is 75.1 Å². The molecule has 0 bridgehead atoms. The number of aromatic amines is 1. The molecule has 3 heterocycles. The first-order valence-electron chi connectivity index (χ1n) is 12.9. The number of benzene rings is 2. The molecule has 1 saturated heterocycles. The molecule has 0 unspecified atom stereocenters. The van der Waals surface area contributed by atoms with Crippen LogP contribution in [0, 0.1) is 0 Å². The van der Waals surface area contributed by atoms with Gasteiger partial charge in [0.2, 0.25) is 0 Å². The fraction of sp³-hybridized carbons (Fsp3) is 0.429. The summed E-state index contributed by atoms with van der Waals surface area (Å²) in [5, 5.41) is 10.9. The van der Waals surface area contributed by atoms with Crippen molar-refractivity contribution in [2.75, 3.05) is 26.2 Å². The zero-order chi connectivity index (χ0) is 27.2. The van der Waals surface area contributed by atoms with E-state index in [1.807, 2.05) is 0 Å². The number of fused-ring (bicyclic) bond motifs is 4. The third kappa shape index (κ3) is 4.26. The molecule has 1 fully saturated rings. The Morgan fingerprint density at radius 1 is 1.18 bits per heavy atom. The summed E-state index contributed by atoms with van der Waals surface area (Å²) in [5.41, 5.74) is 1.58. The van der Waals surface area contributed by atoms with Gasteiger partial charge in [0.05, 0.1) is 0 Å². The summed E-state index contributed by atoms with van der Waals surface area (Å²) in [6.45, 7) is 5.80. The second kappa shape index (κ2) is 9.90. The summed E-state index contributed by atoms with van der Waals surface area (Å²) in [7, 11) is 0. The molecular formula is C28H32F2N4O4. The Hall–Kier alpha value is -3.66. The molecule has 0 spiro atoms. The minimum Gasteiger partial charge on any atom is -0.508 e. The number of hydrogen-bond donors (Lipinski definition) is 2. The van der Waals surface area contributed by atoms with Crippen molar-refractivity contribution in [1.29, 1.82) is 0 Å². The van der Waals surface area contributed by atoms with E-state index in [0.29, 0.717) is 35.1 Å². The molecule has 1 aromatic heterocycles. The zero-order valence-electron chi connectivity index (χ0n) is 21.7. The fourth-order valence-electron chi connectivity index (χ4n) is 5.90. The Bertz CT molecular complexity index is 1370. The second-order valence-corrected chi connectivity index (χ2v) is 10.0. The lowest BCUT2D eigenvalue weighted by Gasteiger charge is -2.42. The standard InChI is InChI=1S/C28H32F2N4O4/c1-4-32(5-2)12-7-13-33-25(36)28(3)16-21-20-15-19(38-26(29)30)10-11-22(20)31-23(21)24(34(28)27(33)37)17-8-6-9-18(35)14-17/h6,8-11,14-15,24,26,31,35H,4-5,7,12-13,16H2,1-3H3/t24-,28+/m1/s1. The number of phenolic OH excluding ortho intramolecular Hbond substituents is 1. The van der Waals surface area contributed by atoms with Gasteiger partial charge in [0, 0.05) is 29.6 Å². The van der Waals surface area contributed by atoms with E-state index in [9.17, 15) is 23.5 Å². The number of phenols is 1. The number of carbonyl (C=O) groups is 2. The van der Waals surface area contributed by atoms with Crippen molar-refractivity contribution < 1.29 is 28.2 Å². The molecule has 202 valence electrons. The number of nitrogens with one attached hydrogen (secondary N) is 1. The maximum Gasteiger partial charge on any atom is 0.387 e. The van der Waals surface area contributed by atoms with Crippen molar-refractivity contribution in [2.45, 2.75) is 51.8 Å². The molecule has 10 heteroatoms. The van der Waals surface area contributed by atoms with E-state index in [1.54, 1.807) is 48.2 Å². The van der Waals surface area contributed by atoms with E-state index >= 15 is 0 Å². The Morgan fingerprint density at radius 2 is 1.95 bits per heavy atom. The number of rotatable bonds is 9. The number of aromatic nitrogens is 1. The molecule has 5 rings (SSSR count). The van der Waals surface area contributed by atoms with Crippen molar-refractivity contribution in [3.8, 4) is 11.5 Å². The fourth-order valence-corrected chi connectivity index (χ4v) is 5.90. The van der Waals surface area contributed by atoms with E-state index in [1.165, 1.54) is 11.0 Å². The number of aromatic hydroxyl groups is 1. The van der Waals surface area contributed by atoms with E-state index in [4.69, 9.17) is 0 Å². The van der Waals surface area contributed by atoms with Gasteiger partial charge in [-0.2, -0.15) is 8.78 Å². The highest BCUT2D eigenvalue weighted by atomic mass is 19.3. The van der Waals surface area contributed by atoms with Gasteiger partial charge >= 0.3 is 12.6 Å². The molecular weight excluding hydrogens is 494 g/mol. The molecule has 2 aromatic carbocycles. The van der Waals surface area contributed by atoms with Gasteiger partial charge in [-0.05, 0) is 74.4 Å². The molecule has 3 aromatic rings. The number of urea groups is 1. The van der Waals surface area contributed by atoms with E-state index < -0.39 is 18.2 Å². The van der Waals surface area contributed by atoms with Crippen molar-refractivity contribution in [1.82, 2.24) is 19.7 Å². The van der Waals surface area contributed by atoms with Gasteiger partial charge in [-0.25, -0.2) is 4.79 Å². The van der Waals surface area contributed by atoms with Crippen LogP contribution in [0.1, 0.15) is 50.1 Å². The van der Waals surface area contributed by atoms with Gasteiger partial charge in [0.25, 0.3) is 5.91 Å². The van der Waals surface area contributed by atoms with Crippen LogP contribution in [0.2, 0.25) is 0 Å². The molecule has 0 aliphatic carbocycles. The summed E-state index contributed by atoms with van der Waals surface area (Å²) in [5.74, 6) is -0.232. The van der Waals surface area contributed by atoms with Crippen LogP contribution in [-0.2, 0) is 11.2 Å². The first-order valence-corrected chi connectivity index (χ1v) is 12.9. The smallest absolute Gasteiger partial charge is 0.387 e. The predicted octanol–water partition coefficient (Wildman–Crippen LogP) is 4.88. The first-order chi connectivity index (χ1) is 18.2. The monoisotopic (exact) mass is 526 g/mol. The molecule has 2 atom stereocenters. The Morgan fingerprint density at radius 3 is 2.63 bits per heavy atom. The quantitative estimate of drug-likeness (QED) is 0.388. The van der Waals surface area contributed by atoms with Crippen LogP contribution in [0.15, 0.2) is 42.5 Å². The van der Waals surface area contributed by atoms with Gasteiger partial charge in [-0.3, -0.25) is 14.6 Å². The van der Waals surface area contributed by atoms with E-state index in [-0.39, 0.29) is 29.9 Å². The van der Waals surface area contributed by atoms with Crippen LogP contribution in [0.5, 0.6) is 11.5 Å². The second-order valence-electron chi connectivity index (χ2n) is 10.0. The van der Waals surface area contributed by atoms with Gasteiger partial charge in [-0.15, -0.1) is 0 Å². The molecule has 0 saturated carbocycles. The van der Waals surface area contributed by atoms with Crippen molar-refractivity contribution in [3.63, 3.8) is 0 Å². The van der Waals surface area contributed by atoms with Crippen LogP contribution >= 0.6 is 0 Å². The average Bonchev–Trinajstić information content (AvgIpc) is 3.32. The molecule has 3 amide bonds. The number of H-pyrrole nitrogens is 1. The summed E-state index contributed by atoms with van der Waals surface area (Å²) in [6, 6.07) is 10.2. The topological polar surface area (TPSA) is 89.1 Å². The van der Waals surface area contributed by atoms with Crippen LogP contribution < -0.4 is 4.74 Å². The maximum atomic E-state index is 13.9. The lowest BCUT2D eigenvalue weighted by molar-refractivity contribution is -0.133. The van der Waals surface area contributed by atoms with Crippen molar-refractivity contribution >= 4 is 22.8 Å². The van der Waals surface area contributed by atoms with Crippen LogP contribution in [0.25, 0.3) is 10.9 Å². The number of imide groups is 1. The number of amides is 3. The third-order valence-electron chi connectivity index (χ3n) is 7.80. The number of nitrogens with zero attached hydrogens (tertiary/aromatic N) is 3. The van der Waals surface area contributed by atoms with E-state index in [2.05, 4.69) is 28.5 Å². The molecule has 2 aliphatic heterocycles. The van der Waals surface area contributed by atoms with Gasteiger partial charge in [0.15, 0.2) is 0 Å². The summed E-state index contributed by atoms with van der Waals surface area (Å²) in [6.07, 6.45) is 0.870. The summed E-state index contributed by atoms with van der Waals surface area (Å²) < 4.78 is 30.5. The molecule has 38 heavy (non-hydrogen) atoms. The lowest BCUT2D eigenvalue weighted by atomic mass is 9.81. The number of carbonyl (C=O) groups excluding carboxylic acids is 2. The summed E-state index contributed by atoms with van der Waals surface area (Å²) in [4.78, 5) is 36.3. The minimum absolute atomic E-state index is 0.0163. The maximum absolute atomic E-state index is 13.9. The van der Waals surface area contributed by atoms with Gasteiger partial charge < -0.3 is 19.7 Å². The number of halogens is 2. The number of ether oxygens (including phenoxy) is 1. The largest absolute Gasteiger partial charge is 0.508 e. The van der Waals surface area contributed by atoms with E-state index in [0.717, 1.165) is 25.2 Å². The number of hydrogen-bond acceptors (Lipinski definition) is 5. The summed E-state index contributed by atoms with van der Waals surface area (Å²) >= 11 is 0. The van der Waals surface area contributed by atoms with Gasteiger partial charge in [0.1, 0.15) is 23.1 Å². The lowest BCUT2D eigenvalue weighted by Crippen LogP contribution is -2.53. The Labute approximate surface area is 219 Å². The normalized spacial score (nSPS) is 21.1. The van der Waals surface area contributed by atoms with Crippen molar-refractivity contribution in [3.05, 3.63) is 59.3 Å². The third-order valence-corrected chi connectivity index (χ3v) is 7.80. The van der Waals surface area contributed by atoms with Gasteiger partial charge in [-0.1, -0.05) is 26.0 Å². The highest BCUT2D eigenvalue weighted by Gasteiger charge is 2.60. The first kappa shape index (κ1) is 26.0. The molecule has 8 nitrogen and oxygen atoms in total. The highest BCUT2D eigenvalue weighted by molar-refractivity contribution is 6.08. The average molecular weight is 527 g/mol. The number of alkyl halides is 2. The predicted molar refractivity (Wildman–Crippen MR) is 138 cm³/mol. The SMILES string of the molecule is CCN(CC)CCCN1C(=O)N2[C@H](c3cccc(O)c3)c3[nH]c4ccc(OC(F)F)cc4c3C[C@@]2(C)C1=O. The molecule has 2 aliphatic rings. The Kier molecular flexibility index (Phi) is 6.77. The van der Waals surface area contributed by atoms with Crippen LogP contribution in [0.4, 0.5) is 13.6 Å². The van der Waals surface area contributed by atoms with Crippen LogP contribution in [0.3, 0.4) is 0 Å². The van der Waals surface area contributed by atoms with Crippen molar-refractivity contribution in [2.24, 2.45) is 0 Å². The molecule has 0 radical (unpaired) electrons. The zero-order valence-corrected chi connectivity index (χ0v) is 21.7.